The minimum absolute atomic E-state index is 0.0318. The number of aromatic amines is 2. The fourth-order valence-electron chi connectivity index (χ4n) is 4.50. The molecule has 7 rings (SSSR count). The van der Waals surface area contributed by atoms with Crippen molar-refractivity contribution >= 4 is 33.5 Å². The van der Waals surface area contributed by atoms with Crippen LogP contribution in [0, 0.1) is 11.7 Å². The first kappa shape index (κ1) is 21.4. The number of hydrogen-bond donors (Lipinski definition) is 3. The van der Waals surface area contributed by atoms with Crippen LogP contribution in [0.4, 0.5) is 10.1 Å². The van der Waals surface area contributed by atoms with Gasteiger partial charge in [0.1, 0.15) is 11.5 Å². The second-order valence-electron chi connectivity index (χ2n) is 9.21. The molecule has 0 atom stereocenters. The van der Waals surface area contributed by atoms with Crippen molar-refractivity contribution in [1.29, 1.82) is 0 Å². The molecular formula is C28H20FN7O. The number of aromatic nitrogens is 6. The molecule has 0 bridgehead atoms. The summed E-state index contributed by atoms with van der Waals surface area (Å²) in [6.07, 6.45) is 6.96. The van der Waals surface area contributed by atoms with E-state index in [1.54, 1.807) is 30.7 Å². The van der Waals surface area contributed by atoms with Crippen molar-refractivity contribution in [2.24, 2.45) is 5.92 Å². The van der Waals surface area contributed by atoms with Gasteiger partial charge >= 0.3 is 0 Å². The molecule has 37 heavy (non-hydrogen) atoms. The second-order valence-corrected chi connectivity index (χ2v) is 9.21. The molecule has 9 heteroatoms. The number of nitrogens with one attached hydrogen (secondary N) is 3. The highest BCUT2D eigenvalue weighted by Crippen LogP contribution is 2.33. The lowest BCUT2D eigenvalue weighted by Crippen LogP contribution is -2.13. The minimum atomic E-state index is -0.280. The van der Waals surface area contributed by atoms with Crippen LogP contribution in [-0.4, -0.2) is 36.0 Å². The smallest absolute Gasteiger partial charge is 0.227 e. The maximum atomic E-state index is 13.5. The maximum absolute atomic E-state index is 13.5. The van der Waals surface area contributed by atoms with Gasteiger partial charge < -0.3 is 10.3 Å². The number of carbonyl (C=O) groups excluding carboxylic acids is 1. The van der Waals surface area contributed by atoms with Gasteiger partial charge in [-0.05, 0) is 48.7 Å². The first-order valence-electron chi connectivity index (χ1n) is 12.0. The largest absolute Gasteiger partial charge is 0.337 e. The van der Waals surface area contributed by atoms with E-state index in [2.05, 4.69) is 30.5 Å². The highest BCUT2D eigenvalue weighted by Gasteiger charge is 2.29. The lowest BCUT2D eigenvalue weighted by atomic mass is 10.0. The maximum Gasteiger partial charge on any atom is 0.227 e. The van der Waals surface area contributed by atoms with E-state index in [1.165, 1.54) is 12.1 Å². The van der Waals surface area contributed by atoms with Crippen LogP contribution in [0.15, 0.2) is 73.2 Å². The van der Waals surface area contributed by atoms with Gasteiger partial charge in [-0.1, -0.05) is 24.3 Å². The molecule has 3 N–H and O–H groups in total. The molecule has 0 aliphatic heterocycles. The van der Waals surface area contributed by atoms with E-state index in [4.69, 9.17) is 4.98 Å². The molecule has 0 unspecified atom stereocenters. The van der Waals surface area contributed by atoms with Gasteiger partial charge in [-0.25, -0.2) is 9.37 Å². The normalized spacial score (nSPS) is 13.3. The summed E-state index contributed by atoms with van der Waals surface area (Å²) in [5, 5.41) is 11.3. The zero-order valence-electron chi connectivity index (χ0n) is 19.5. The fourth-order valence-corrected chi connectivity index (χ4v) is 4.50. The van der Waals surface area contributed by atoms with Crippen LogP contribution >= 0.6 is 0 Å². The Labute approximate surface area is 210 Å². The Morgan fingerprint density at radius 2 is 1.84 bits per heavy atom. The summed E-state index contributed by atoms with van der Waals surface area (Å²) in [6.45, 7) is 0. The molecule has 1 aliphatic carbocycles. The van der Waals surface area contributed by atoms with Crippen LogP contribution in [0.25, 0.3) is 55.8 Å². The molecule has 0 spiro atoms. The Balaban J connectivity index is 1.28. The van der Waals surface area contributed by atoms with Crippen molar-refractivity contribution in [3.05, 3.63) is 79.0 Å². The summed E-state index contributed by atoms with van der Waals surface area (Å²) in [6, 6.07) is 16.0. The van der Waals surface area contributed by atoms with Gasteiger partial charge in [0.05, 0.1) is 40.3 Å². The zero-order valence-corrected chi connectivity index (χ0v) is 19.5. The van der Waals surface area contributed by atoms with Gasteiger partial charge in [0, 0.05) is 28.6 Å². The van der Waals surface area contributed by atoms with Crippen LogP contribution in [0.3, 0.4) is 0 Å². The third kappa shape index (κ3) is 3.90. The number of halogens is 1. The van der Waals surface area contributed by atoms with Crippen LogP contribution in [0.5, 0.6) is 0 Å². The van der Waals surface area contributed by atoms with E-state index in [9.17, 15) is 9.18 Å². The number of carbonyl (C=O) groups is 1. The van der Waals surface area contributed by atoms with Crippen molar-refractivity contribution in [2.45, 2.75) is 12.8 Å². The van der Waals surface area contributed by atoms with Crippen LogP contribution in [0.1, 0.15) is 12.8 Å². The first-order valence-corrected chi connectivity index (χ1v) is 12.0. The molecule has 1 saturated carbocycles. The van der Waals surface area contributed by atoms with E-state index in [0.29, 0.717) is 22.9 Å². The number of imidazole rings is 1. The van der Waals surface area contributed by atoms with Crippen molar-refractivity contribution < 1.29 is 9.18 Å². The standard InChI is InChI=1S/C28H20FN7O/c29-18-8-6-15(7-9-18)20-2-1-3-22-25(20)34-27(33-22)26-21-11-23(31-14-24(21)35-36-26)17-10-19(13-30-12-17)32-28(37)16-4-5-16/h1-3,6-14,16H,4-5H2,(H,32,37)(H,33,34)(H,35,36). The summed E-state index contributed by atoms with van der Waals surface area (Å²) >= 11 is 0. The molecular weight excluding hydrogens is 469 g/mol. The Bertz CT molecular complexity index is 1800. The minimum Gasteiger partial charge on any atom is -0.337 e. The number of rotatable bonds is 5. The lowest BCUT2D eigenvalue weighted by Gasteiger charge is -2.06. The topological polar surface area (TPSA) is 112 Å². The predicted octanol–water partition coefficient (Wildman–Crippen LogP) is 5.72. The second kappa shape index (κ2) is 8.34. The van der Waals surface area contributed by atoms with E-state index >= 15 is 0 Å². The van der Waals surface area contributed by atoms with Crippen LogP contribution < -0.4 is 5.32 Å². The highest BCUT2D eigenvalue weighted by atomic mass is 19.1. The molecule has 0 radical (unpaired) electrons. The van der Waals surface area contributed by atoms with Crippen molar-refractivity contribution in [3.8, 4) is 33.9 Å². The molecule has 1 amide bonds. The fraction of sp³-hybridized carbons (Fsp3) is 0.107. The SMILES string of the molecule is O=C(Nc1cncc(-c2cc3c(-c4nc5c(-c6ccc(F)cc6)cccc5[nH]4)n[nH]c3cn2)c1)C1CC1. The van der Waals surface area contributed by atoms with E-state index in [-0.39, 0.29) is 17.6 Å². The number of nitrogens with zero attached hydrogens (tertiary/aromatic N) is 4. The summed E-state index contributed by atoms with van der Waals surface area (Å²) in [5.41, 5.74) is 6.97. The van der Waals surface area contributed by atoms with Crippen LogP contribution in [0.2, 0.25) is 0 Å². The summed E-state index contributed by atoms with van der Waals surface area (Å²) in [7, 11) is 0. The van der Waals surface area contributed by atoms with Gasteiger partial charge in [-0.15, -0.1) is 0 Å². The first-order chi connectivity index (χ1) is 18.1. The van der Waals surface area contributed by atoms with E-state index < -0.39 is 0 Å². The number of anilines is 1. The number of H-pyrrole nitrogens is 2. The van der Waals surface area contributed by atoms with Crippen LogP contribution in [-0.2, 0) is 4.79 Å². The third-order valence-electron chi connectivity index (χ3n) is 6.59. The van der Waals surface area contributed by atoms with Gasteiger partial charge in [-0.3, -0.25) is 19.9 Å². The molecule has 6 aromatic rings. The number of para-hydroxylation sites is 1. The number of hydrogen-bond acceptors (Lipinski definition) is 5. The van der Waals surface area contributed by atoms with Crippen molar-refractivity contribution in [2.75, 3.05) is 5.32 Å². The van der Waals surface area contributed by atoms with Gasteiger partial charge in [0.2, 0.25) is 5.91 Å². The van der Waals surface area contributed by atoms with Gasteiger partial charge in [-0.2, -0.15) is 5.10 Å². The number of pyridine rings is 2. The van der Waals surface area contributed by atoms with Gasteiger partial charge in [0.15, 0.2) is 5.82 Å². The molecule has 180 valence electrons. The molecule has 4 aromatic heterocycles. The van der Waals surface area contributed by atoms with Crippen molar-refractivity contribution in [3.63, 3.8) is 0 Å². The Morgan fingerprint density at radius 3 is 2.68 bits per heavy atom. The summed E-state index contributed by atoms with van der Waals surface area (Å²) < 4.78 is 13.5. The summed E-state index contributed by atoms with van der Waals surface area (Å²) in [5.74, 6) is 0.469. The Morgan fingerprint density at radius 1 is 0.973 bits per heavy atom. The molecule has 4 heterocycles. The number of fused-ring (bicyclic) bond motifs is 2. The predicted molar refractivity (Wildman–Crippen MR) is 139 cm³/mol. The molecule has 8 nitrogen and oxygen atoms in total. The lowest BCUT2D eigenvalue weighted by molar-refractivity contribution is -0.117. The van der Waals surface area contributed by atoms with E-state index in [1.807, 2.05) is 30.3 Å². The van der Waals surface area contributed by atoms with Crippen molar-refractivity contribution in [1.82, 2.24) is 30.1 Å². The monoisotopic (exact) mass is 489 g/mol. The van der Waals surface area contributed by atoms with E-state index in [0.717, 1.165) is 51.5 Å². The molecule has 1 fully saturated rings. The summed E-state index contributed by atoms with van der Waals surface area (Å²) in [4.78, 5) is 29.3. The Hall–Kier alpha value is -4.92. The zero-order chi connectivity index (χ0) is 24.9. The Kier molecular flexibility index (Phi) is 4.81. The number of benzene rings is 2. The third-order valence-corrected chi connectivity index (χ3v) is 6.59. The average Bonchev–Trinajstić information content (AvgIpc) is 3.55. The molecule has 2 aromatic carbocycles. The average molecular weight is 490 g/mol. The molecule has 0 saturated heterocycles. The van der Waals surface area contributed by atoms with Gasteiger partial charge in [0.25, 0.3) is 0 Å². The quantitative estimate of drug-likeness (QED) is 0.287. The molecule has 1 aliphatic rings. The highest BCUT2D eigenvalue weighted by molar-refractivity contribution is 5.98. The number of amides is 1.